The van der Waals surface area contributed by atoms with E-state index in [0.717, 1.165) is 36.8 Å². The standard InChI is InChI=1S/C29H41N5O5S/c1-2-33-20-31-28-25(33)17-22(18-26(28)34-12-6-7-15-40(34,37)38)29(36)32-24(16-21-8-4-3-5-9-21)27(35)19-30-23-10-13-39-14-11-23/h3-5,8-9,17-18,20,23-24,27,30,35,37-38H,2,6-7,10-16,19H2,1H3,(H,32,36)/t24-,27+/m0/s1. The minimum Gasteiger partial charge on any atom is -0.390 e. The number of hydrogen-bond acceptors (Lipinski definition) is 8. The first-order chi connectivity index (χ1) is 19.4. The van der Waals surface area contributed by atoms with Gasteiger partial charge in [0.25, 0.3) is 5.91 Å². The van der Waals surface area contributed by atoms with Gasteiger partial charge in [-0.15, -0.1) is 10.8 Å². The van der Waals surface area contributed by atoms with Crippen LogP contribution in [-0.4, -0.2) is 79.9 Å². The Bertz CT molecular complexity index is 1280. The van der Waals surface area contributed by atoms with E-state index < -0.39 is 22.9 Å². The first kappa shape index (κ1) is 28.8. The van der Waals surface area contributed by atoms with Crippen LogP contribution in [0.1, 0.15) is 48.5 Å². The Morgan fingerprint density at radius 2 is 1.95 bits per heavy atom. The molecule has 0 aliphatic carbocycles. The van der Waals surface area contributed by atoms with Gasteiger partial charge in [0.05, 0.1) is 35.4 Å². The summed E-state index contributed by atoms with van der Waals surface area (Å²) in [6.45, 7) is 4.90. The first-order valence-corrected chi connectivity index (χ1v) is 15.9. The summed E-state index contributed by atoms with van der Waals surface area (Å²) in [4.78, 5) is 18.4. The number of imidazole rings is 1. The molecule has 5 N–H and O–H groups in total. The molecule has 2 aliphatic heterocycles. The zero-order chi connectivity index (χ0) is 28.1. The number of aromatic nitrogens is 2. The largest absolute Gasteiger partial charge is 0.390 e. The van der Waals surface area contributed by atoms with Crippen molar-refractivity contribution in [3.63, 3.8) is 0 Å². The Morgan fingerprint density at radius 3 is 2.67 bits per heavy atom. The van der Waals surface area contributed by atoms with E-state index in [1.54, 1.807) is 22.8 Å². The maximum Gasteiger partial charge on any atom is 0.251 e. The van der Waals surface area contributed by atoms with Crippen molar-refractivity contribution < 1.29 is 23.7 Å². The lowest BCUT2D eigenvalue weighted by atomic mass is 9.99. The van der Waals surface area contributed by atoms with Gasteiger partial charge in [0.15, 0.2) is 0 Å². The van der Waals surface area contributed by atoms with E-state index >= 15 is 0 Å². The molecule has 2 aliphatic rings. The van der Waals surface area contributed by atoms with E-state index in [-0.39, 0.29) is 11.9 Å². The molecule has 3 heterocycles. The fourth-order valence-corrected chi connectivity index (χ4v) is 7.23. The van der Waals surface area contributed by atoms with Crippen LogP contribution in [0.15, 0.2) is 48.8 Å². The van der Waals surface area contributed by atoms with Crippen molar-refractivity contribution in [2.24, 2.45) is 0 Å². The van der Waals surface area contributed by atoms with Crippen molar-refractivity contribution in [1.82, 2.24) is 20.2 Å². The summed E-state index contributed by atoms with van der Waals surface area (Å²) in [6.07, 6.45) is 4.73. The molecule has 40 heavy (non-hydrogen) atoms. The van der Waals surface area contributed by atoms with Gasteiger partial charge in [0, 0.05) is 44.5 Å². The fourth-order valence-electron chi connectivity index (χ4n) is 5.54. The minimum atomic E-state index is -3.01. The molecule has 11 heteroatoms. The number of nitrogens with one attached hydrogen (secondary N) is 2. The molecular formula is C29H41N5O5S. The van der Waals surface area contributed by atoms with Crippen molar-refractivity contribution >= 4 is 33.4 Å². The van der Waals surface area contributed by atoms with Crippen molar-refractivity contribution in [3.8, 4) is 0 Å². The second kappa shape index (κ2) is 12.9. The van der Waals surface area contributed by atoms with E-state index in [1.165, 1.54) is 0 Å². The molecule has 10 nitrogen and oxygen atoms in total. The summed E-state index contributed by atoms with van der Waals surface area (Å²) in [5, 5.41) is 17.8. The number of aliphatic hydroxyl groups excluding tert-OH is 1. The molecule has 2 atom stereocenters. The van der Waals surface area contributed by atoms with Crippen LogP contribution in [0, 0.1) is 0 Å². The monoisotopic (exact) mass is 571 g/mol. The van der Waals surface area contributed by atoms with Crippen molar-refractivity contribution in [2.45, 2.75) is 63.8 Å². The molecule has 5 rings (SSSR count). The predicted octanol–water partition coefficient (Wildman–Crippen LogP) is 3.79. The highest BCUT2D eigenvalue weighted by atomic mass is 32.3. The third-order valence-corrected chi connectivity index (χ3v) is 9.80. The van der Waals surface area contributed by atoms with Gasteiger partial charge >= 0.3 is 0 Å². The highest BCUT2D eigenvalue weighted by Crippen LogP contribution is 2.51. The summed E-state index contributed by atoms with van der Waals surface area (Å²) >= 11 is 0. The van der Waals surface area contributed by atoms with E-state index in [2.05, 4.69) is 15.6 Å². The van der Waals surface area contributed by atoms with Crippen LogP contribution < -0.4 is 14.9 Å². The van der Waals surface area contributed by atoms with Gasteiger partial charge in [0.1, 0.15) is 5.52 Å². The van der Waals surface area contributed by atoms with Crippen molar-refractivity contribution in [3.05, 3.63) is 59.9 Å². The average molecular weight is 572 g/mol. The highest BCUT2D eigenvalue weighted by Gasteiger charge is 2.31. The molecule has 0 radical (unpaired) electrons. The van der Waals surface area contributed by atoms with Crippen LogP contribution >= 0.6 is 10.8 Å². The van der Waals surface area contributed by atoms with E-state index in [4.69, 9.17) is 4.74 Å². The predicted molar refractivity (Wildman–Crippen MR) is 159 cm³/mol. The quantitative estimate of drug-likeness (QED) is 0.248. The lowest BCUT2D eigenvalue weighted by molar-refractivity contribution is 0.0657. The summed E-state index contributed by atoms with van der Waals surface area (Å²) < 4.78 is 30.8. The number of rotatable bonds is 10. The van der Waals surface area contributed by atoms with Gasteiger partial charge in [-0.1, -0.05) is 30.3 Å². The fraction of sp³-hybridized carbons (Fsp3) is 0.517. The molecule has 2 aromatic carbocycles. The van der Waals surface area contributed by atoms with Gasteiger partial charge in [-0.25, -0.2) is 4.98 Å². The number of fused-ring (bicyclic) bond motifs is 1. The van der Waals surface area contributed by atoms with E-state index in [1.807, 2.05) is 41.8 Å². The Balaban J connectivity index is 1.42. The number of aliphatic hydroxyl groups is 1. The smallest absolute Gasteiger partial charge is 0.251 e. The lowest BCUT2D eigenvalue weighted by Crippen LogP contribution is -2.50. The van der Waals surface area contributed by atoms with Crippen LogP contribution in [0.2, 0.25) is 0 Å². The number of nitrogens with zero attached hydrogens (tertiary/aromatic N) is 3. The third kappa shape index (κ3) is 6.62. The number of anilines is 1. The summed E-state index contributed by atoms with van der Waals surface area (Å²) in [6, 6.07) is 13.1. The normalized spacial score (nSPS) is 20.2. The Morgan fingerprint density at radius 1 is 1.18 bits per heavy atom. The number of amides is 1. The van der Waals surface area contributed by atoms with Crippen molar-refractivity contribution in [2.75, 3.05) is 36.4 Å². The maximum absolute atomic E-state index is 13.8. The zero-order valence-electron chi connectivity index (χ0n) is 23.0. The number of hydrogen-bond donors (Lipinski definition) is 5. The Hall–Kier alpha value is -2.67. The molecule has 0 bridgehead atoms. The second-order valence-corrected chi connectivity index (χ2v) is 12.8. The maximum atomic E-state index is 13.8. The molecule has 1 aromatic heterocycles. The van der Waals surface area contributed by atoms with E-state index in [9.17, 15) is 19.0 Å². The second-order valence-electron chi connectivity index (χ2n) is 10.7. The number of ether oxygens (including phenoxy) is 1. The van der Waals surface area contributed by atoms with Crippen LogP contribution in [0.4, 0.5) is 5.69 Å². The summed E-state index contributed by atoms with van der Waals surface area (Å²) in [5.41, 5.74) is 3.35. The van der Waals surface area contributed by atoms with Gasteiger partial charge in [0.2, 0.25) is 0 Å². The molecule has 0 spiro atoms. The highest BCUT2D eigenvalue weighted by molar-refractivity contribution is 8.25. The van der Waals surface area contributed by atoms with Crippen molar-refractivity contribution in [1.29, 1.82) is 0 Å². The van der Waals surface area contributed by atoms with Crippen LogP contribution in [-0.2, 0) is 17.7 Å². The van der Waals surface area contributed by atoms with Gasteiger partial charge in [-0.2, -0.15) is 0 Å². The Kier molecular flexibility index (Phi) is 9.29. The summed E-state index contributed by atoms with van der Waals surface area (Å²) in [5.74, 6) is -0.0308. The Labute approximate surface area is 237 Å². The molecule has 0 saturated carbocycles. The number of carbonyl (C=O) groups excluding carboxylic acids is 1. The number of benzene rings is 2. The SMILES string of the molecule is CCn1cnc2c(N3CCCCS3(O)O)cc(C(=O)N[C@@H](Cc3ccccc3)[C@H](O)CNC3CCOCC3)cc21. The van der Waals surface area contributed by atoms with Crippen LogP contribution in [0.25, 0.3) is 11.0 Å². The van der Waals surface area contributed by atoms with Crippen LogP contribution in [0.3, 0.4) is 0 Å². The minimum absolute atomic E-state index is 0.278. The molecule has 218 valence electrons. The molecule has 2 saturated heterocycles. The molecular weight excluding hydrogens is 530 g/mol. The van der Waals surface area contributed by atoms with Gasteiger partial charge < -0.3 is 25.0 Å². The summed E-state index contributed by atoms with van der Waals surface area (Å²) in [7, 11) is -3.01. The van der Waals surface area contributed by atoms with Gasteiger partial charge in [-0.3, -0.25) is 18.2 Å². The number of carbonyl (C=O) groups is 1. The topological polar surface area (TPSA) is 132 Å². The first-order valence-electron chi connectivity index (χ1n) is 14.2. The van der Waals surface area contributed by atoms with Gasteiger partial charge in [-0.05, 0) is 56.7 Å². The molecule has 3 aromatic rings. The molecule has 0 unspecified atom stereocenters. The average Bonchev–Trinajstić information content (AvgIpc) is 3.39. The van der Waals surface area contributed by atoms with E-state index in [0.29, 0.717) is 61.8 Å². The molecule has 1 amide bonds. The molecule has 2 fully saturated rings. The zero-order valence-corrected chi connectivity index (χ0v) is 23.9. The lowest BCUT2D eigenvalue weighted by Gasteiger charge is -2.47. The number of aryl methyl sites for hydroxylation is 1. The van der Waals surface area contributed by atoms with Crippen LogP contribution in [0.5, 0.6) is 0 Å². The third-order valence-electron chi connectivity index (χ3n) is 7.88.